The molecule has 2 aromatic rings. The number of thiazole rings is 1. The molecule has 0 bridgehead atoms. The van der Waals surface area contributed by atoms with Gasteiger partial charge >= 0.3 is 5.97 Å². The number of nitrogens with one attached hydrogen (secondary N) is 1. The van der Waals surface area contributed by atoms with Crippen LogP contribution in [-0.2, 0) is 6.42 Å². The highest BCUT2D eigenvalue weighted by Gasteiger charge is 2.16. The summed E-state index contributed by atoms with van der Waals surface area (Å²) in [6.45, 7) is 2.01. The Morgan fingerprint density at radius 1 is 1.42 bits per heavy atom. The average Bonchev–Trinajstić information content (AvgIpc) is 2.76. The molecule has 6 heteroatoms. The molecule has 0 atom stereocenters. The first-order valence-corrected chi connectivity index (χ1v) is 7.46. The van der Waals surface area contributed by atoms with Crippen LogP contribution in [-0.4, -0.2) is 16.1 Å². The minimum Gasteiger partial charge on any atom is -0.477 e. The number of aryl methyl sites for hydroxylation is 1. The van der Waals surface area contributed by atoms with E-state index in [1.807, 2.05) is 31.2 Å². The van der Waals surface area contributed by atoms with Crippen LogP contribution in [0, 0.1) is 0 Å². The van der Waals surface area contributed by atoms with Crippen LogP contribution >= 0.6 is 27.3 Å². The largest absolute Gasteiger partial charge is 0.477 e. The summed E-state index contributed by atoms with van der Waals surface area (Å²) in [4.78, 5) is 15.8. The van der Waals surface area contributed by atoms with Crippen LogP contribution in [0.15, 0.2) is 28.7 Å². The number of carboxylic acids is 1. The van der Waals surface area contributed by atoms with E-state index in [1.54, 1.807) is 0 Å². The van der Waals surface area contributed by atoms with Gasteiger partial charge in [0.2, 0.25) is 0 Å². The normalized spacial score (nSPS) is 10.4. The van der Waals surface area contributed by atoms with Crippen molar-refractivity contribution in [2.45, 2.75) is 19.8 Å². The first-order chi connectivity index (χ1) is 9.10. The van der Waals surface area contributed by atoms with E-state index >= 15 is 0 Å². The molecule has 0 aliphatic rings. The number of carbonyl (C=O) groups is 1. The maximum atomic E-state index is 11.1. The van der Waals surface area contributed by atoms with Crippen LogP contribution in [0.3, 0.4) is 0 Å². The fourth-order valence-electron chi connectivity index (χ4n) is 1.64. The van der Waals surface area contributed by atoms with Gasteiger partial charge in [0.15, 0.2) is 5.13 Å². The topological polar surface area (TPSA) is 62.2 Å². The van der Waals surface area contributed by atoms with Crippen molar-refractivity contribution in [3.8, 4) is 0 Å². The maximum absolute atomic E-state index is 11.1. The van der Waals surface area contributed by atoms with Gasteiger partial charge in [-0.3, -0.25) is 0 Å². The summed E-state index contributed by atoms with van der Waals surface area (Å²) >= 11 is 4.54. The molecule has 1 aromatic heterocycles. The summed E-state index contributed by atoms with van der Waals surface area (Å²) in [7, 11) is 0. The van der Waals surface area contributed by atoms with E-state index in [1.165, 1.54) is 11.3 Å². The first kappa shape index (κ1) is 14.0. The van der Waals surface area contributed by atoms with Gasteiger partial charge in [0.25, 0.3) is 0 Å². The fourth-order valence-corrected chi connectivity index (χ4v) is 2.77. The Balaban J connectivity index is 2.23. The zero-order valence-corrected chi connectivity index (χ0v) is 12.7. The Hall–Kier alpha value is -1.40. The number of carboxylic acid groups (broad SMARTS) is 1. The smallest absolute Gasteiger partial charge is 0.347 e. The van der Waals surface area contributed by atoms with E-state index in [4.69, 9.17) is 5.11 Å². The number of halogens is 1. The molecule has 2 N–H and O–H groups in total. The third kappa shape index (κ3) is 3.54. The van der Waals surface area contributed by atoms with E-state index in [2.05, 4.69) is 26.2 Å². The van der Waals surface area contributed by atoms with E-state index in [-0.39, 0.29) is 0 Å². The molecule has 0 saturated carbocycles. The number of aromatic carboxylic acids is 1. The standard InChI is InChI=1S/C13H13BrN2O2S/c1-2-3-10-11(12(17)18)19-13(16-10)15-9-6-4-8(14)5-7-9/h4-7H,2-3H2,1H3,(H,15,16)(H,17,18). The van der Waals surface area contributed by atoms with Crippen LogP contribution < -0.4 is 5.32 Å². The van der Waals surface area contributed by atoms with E-state index < -0.39 is 5.97 Å². The second kappa shape index (κ2) is 6.16. The van der Waals surface area contributed by atoms with Crippen molar-refractivity contribution >= 4 is 44.1 Å². The van der Waals surface area contributed by atoms with Gasteiger partial charge in [-0.15, -0.1) is 0 Å². The number of anilines is 2. The lowest BCUT2D eigenvalue weighted by atomic mass is 10.2. The van der Waals surface area contributed by atoms with E-state index in [9.17, 15) is 4.79 Å². The first-order valence-electron chi connectivity index (χ1n) is 5.85. The van der Waals surface area contributed by atoms with Crippen molar-refractivity contribution in [2.75, 3.05) is 5.32 Å². The lowest BCUT2D eigenvalue weighted by molar-refractivity contribution is 0.0700. The summed E-state index contributed by atoms with van der Waals surface area (Å²) in [5.74, 6) is -0.912. The second-order valence-corrected chi connectivity index (χ2v) is 5.90. The predicted octanol–water partition coefficient (Wildman–Crippen LogP) is 4.30. The molecule has 4 nitrogen and oxygen atoms in total. The van der Waals surface area contributed by atoms with Crippen molar-refractivity contribution < 1.29 is 9.90 Å². The quantitative estimate of drug-likeness (QED) is 0.851. The molecule has 0 fully saturated rings. The highest BCUT2D eigenvalue weighted by molar-refractivity contribution is 9.10. The maximum Gasteiger partial charge on any atom is 0.347 e. The second-order valence-electron chi connectivity index (χ2n) is 3.98. The van der Waals surface area contributed by atoms with Gasteiger partial charge < -0.3 is 10.4 Å². The third-order valence-electron chi connectivity index (χ3n) is 2.47. The monoisotopic (exact) mass is 340 g/mol. The summed E-state index contributed by atoms with van der Waals surface area (Å²) in [5.41, 5.74) is 1.54. The minimum atomic E-state index is -0.912. The number of hydrogen-bond acceptors (Lipinski definition) is 4. The zero-order valence-electron chi connectivity index (χ0n) is 10.3. The van der Waals surface area contributed by atoms with E-state index in [0.717, 1.165) is 16.6 Å². The molecule has 1 heterocycles. The van der Waals surface area contributed by atoms with Gasteiger partial charge in [-0.1, -0.05) is 40.6 Å². The highest BCUT2D eigenvalue weighted by atomic mass is 79.9. The SMILES string of the molecule is CCCc1nc(Nc2ccc(Br)cc2)sc1C(=O)O. The summed E-state index contributed by atoms with van der Waals surface area (Å²) < 4.78 is 0.995. The Bertz CT molecular complexity index is 581. The molecule has 19 heavy (non-hydrogen) atoms. The molecular formula is C13H13BrN2O2S. The lowest BCUT2D eigenvalue weighted by Gasteiger charge is -2.01. The minimum absolute atomic E-state index is 0.321. The Morgan fingerprint density at radius 3 is 2.68 bits per heavy atom. The van der Waals surface area contributed by atoms with Crippen LogP contribution in [0.4, 0.5) is 10.8 Å². The molecular weight excluding hydrogens is 328 g/mol. The Kier molecular flexibility index (Phi) is 4.55. The van der Waals surface area contributed by atoms with Gasteiger partial charge in [0.05, 0.1) is 5.69 Å². The number of nitrogens with zero attached hydrogens (tertiary/aromatic N) is 1. The summed E-state index contributed by atoms with van der Waals surface area (Å²) in [6.07, 6.45) is 1.56. The fraction of sp³-hybridized carbons (Fsp3) is 0.231. The van der Waals surface area contributed by atoms with Crippen LogP contribution in [0.1, 0.15) is 28.7 Å². The molecule has 100 valence electrons. The van der Waals surface area contributed by atoms with Crippen LogP contribution in [0.2, 0.25) is 0 Å². The number of aromatic nitrogens is 1. The molecule has 0 saturated heterocycles. The van der Waals surface area contributed by atoms with Crippen LogP contribution in [0.25, 0.3) is 0 Å². The van der Waals surface area contributed by atoms with Crippen molar-refractivity contribution in [2.24, 2.45) is 0 Å². The van der Waals surface area contributed by atoms with Gasteiger partial charge in [-0.2, -0.15) is 0 Å². The van der Waals surface area contributed by atoms with Gasteiger partial charge in [-0.05, 0) is 30.7 Å². The number of hydrogen-bond donors (Lipinski definition) is 2. The summed E-state index contributed by atoms with van der Waals surface area (Å²) in [5, 5.41) is 12.9. The molecule has 0 radical (unpaired) electrons. The van der Waals surface area contributed by atoms with Gasteiger partial charge in [-0.25, -0.2) is 9.78 Å². The zero-order chi connectivity index (χ0) is 13.8. The average molecular weight is 341 g/mol. The Labute approximate surface area is 123 Å². The molecule has 0 aliphatic carbocycles. The van der Waals surface area contributed by atoms with Crippen molar-refractivity contribution in [1.29, 1.82) is 0 Å². The molecule has 0 amide bonds. The summed E-state index contributed by atoms with van der Waals surface area (Å²) in [6, 6.07) is 7.65. The number of benzene rings is 1. The molecule has 0 spiro atoms. The van der Waals surface area contributed by atoms with Gasteiger partial charge in [0, 0.05) is 10.2 Å². The number of rotatable bonds is 5. The van der Waals surface area contributed by atoms with Gasteiger partial charge in [0.1, 0.15) is 4.88 Å². The van der Waals surface area contributed by atoms with E-state index in [0.29, 0.717) is 22.1 Å². The molecule has 1 aromatic carbocycles. The van der Waals surface area contributed by atoms with Crippen LogP contribution in [0.5, 0.6) is 0 Å². The van der Waals surface area contributed by atoms with Crippen molar-refractivity contribution in [3.05, 3.63) is 39.3 Å². The lowest BCUT2D eigenvalue weighted by Crippen LogP contribution is -1.98. The van der Waals surface area contributed by atoms with Crippen molar-refractivity contribution in [1.82, 2.24) is 4.98 Å². The predicted molar refractivity (Wildman–Crippen MR) is 80.5 cm³/mol. The molecule has 0 aliphatic heterocycles. The highest BCUT2D eigenvalue weighted by Crippen LogP contribution is 2.27. The molecule has 0 unspecified atom stereocenters. The third-order valence-corrected chi connectivity index (χ3v) is 4.00. The van der Waals surface area contributed by atoms with Crippen molar-refractivity contribution in [3.63, 3.8) is 0 Å². The molecule has 2 rings (SSSR count). The Morgan fingerprint density at radius 2 is 2.11 bits per heavy atom.